The number of nitrogens with one attached hydrogen (secondary N) is 1. The summed E-state index contributed by atoms with van der Waals surface area (Å²) in [7, 11) is 0. The van der Waals surface area contributed by atoms with Crippen molar-refractivity contribution in [1.82, 2.24) is 5.32 Å². The lowest BCUT2D eigenvalue weighted by Gasteiger charge is -2.16. The maximum Gasteiger partial charge on any atom is 0.123 e. The fourth-order valence-corrected chi connectivity index (χ4v) is 1.85. The fourth-order valence-electron chi connectivity index (χ4n) is 1.85. The van der Waals surface area contributed by atoms with E-state index in [0.29, 0.717) is 12.0 Å². The van der Waals surface area contributed by atoms with Crippen LogP contribution in [0, 0.1) is 6.92 Å². The molecule has 0 aliphatic rings. The molecule has 0 aliphatic heterocycles. The van der Waals surface area contributed by atoms with E-state index < -0.39 is 0 Å². The molecule has 0 aromatic heterocycles. The van der Waals surface area contributed by atoms with Crippen molar-refractivity contribution in [3.63, 3.8) is 0 Å². The van der Waals surface area contributed by atoms with E-state index >= 15 is 0 Å². The average molecular weight is 249 g/mol. The van der Waals surface area contributed by atoms with Crippen molar-refractivity contribution >= 4 is 0 Å². The molecule has 0 radical (unpaired) electrons. The van der Waals surface area contributed by atoms with E-state index in [4.69, 9.17) is 4.74 Å². The van der Waals surface area contributed by atoms with Crippen molar-refractivity contribution in [1.29, 1.82) is 0 Å². The van der Waals surface area contributed by atoms with Crippen LogP contribution in [0.1, 0.15) is 51.2 Å². The minimum atomic E-state index is 0.503. The topological polar surface area (TPSA) is 21.3 Å². The Bertz CT molecular complexity index is 360. The molecule has 0 spiro atoms. The summed E-state index contributed by atoms with van der Waals surface area (Å²) >= 11 is 0. The normalized spacial score (nSPS) is 12.8. The zero-order chi connectivity index (χ0) is 13.5. The molecule has 0 heterocycles. The Morgan fingerprint density at radius 3 is 2.56 bits per heavy atom. The SMILES string of the molecule is CCC(C)NCCOc1cc(C)ccc1C(C)C. The molecule has 1 unspecified atom stereocenters. The smallest absolute Gasteiger partial charge is 0.123 e. The second-order valence-electron chi connectivity index (χ2n) is 5.31. The summed E-state index contributed by atoms with van der Waals surface area (Å²) in [5.74, 6) is 1.54. The third-order valence-electron chi connectivity index (χ3n) is 3.26. The van der Waals surface area contributed by atoms with Gasteiger partial charge in [0.05, 0.1) is 0 Å². The van der Waals surface area contributed by atoms with Gasteiger partial charge in [-0.15, -0.1) is 0 Å². The molecule has 1 rings (SSSR count). The van der Waals surface area contributed by atoms with Gasteiger partial charge in [-0.05, 0) is 43.4 Å². The predicted octanol–water partition coefficient (Wildman–Crippen LogP) is 3.89. The highest BCUT2D eigenvalue weighted by molar-refractivity contribution is 5.39. The van der Waals surface area contributed by atoms with Crippen LogP contribution in [0.4, 0.5) is 0 Å². The van der Waals surface area contributed by atoms with Gasteiger partial charge in [0.1, 0.15) is 12.4 Å². The summed E-state index contributed by atoms with van der Waals surface area (Å²) in [4.78, 5) is 0. The molecule has 0 saturated heterocycles. The second-order valence-corrected chi connectivity index (χ2v) is 5.31. The third-order valence-corrected chi connectivity index (χ3v) is 3.26. The quantitative estimate of drug-likeness (QED) is 0.740. The molecule has 2 heteroatoms. The van der Waals surface area contributed by atoms with E-state index in [1.54, 1.807) is 0 Å². The van der Waals surface area contributed by atoms with Crippen LogP contribution in [0.5, 0.6) is 5.75 Å². The Balaban J connectivity index is 2.53. The average Bonchev–Trinajstić information content (AvgIpc) is 2.34. The van der Waals surface area contributed by atoms with Crippen molar-refractivity contribution in [2.24, 2.45) is 0 Å². The number of ether oxygens (including phenoxy) is 1. The Morgan fingerprint density at radius 1 is 1.22 bits per heavy atom. The number of aryl methyl sites for hydroxylation is 1. The highest BCUT2D eigenvalue weighted by atomic mass is 16.5. The van der Waals surface area contributed by atoms with Crippen LogP contribution in [0.25, 0.3) is 0 Å². The van der Waals surface area contributed by atoms with Gasteiger partial charge >= 0.3 is 0 Å². The largest absolute Gasteiger partial charge is 0.492 e. The van der Waals surface area contributed by atoms with Crippen molar-refractivity contribution in [2.45, 2.75) is 53.0 Å². The fraction of sp³-hybridized carbons (Fsp3) is 0.625. The molecule has 102 valence electrons. The van der Waals surface area contributed by atoms with E-state index in [1.807, 2.05) is 0 Å². The van der Waals surface area contributed by atoms with Gasteiger partial charge in [0.2, 0.25) is 0 Å². The summed E-state index contributed by atoms with van der Waals surface area (Å²) in [6, 6.07) is 7.03. The van der Waals surface area contributed by atoms with Gasteiger partial charge in [0.15, 0.2) is 0 Å². The highest BCUT2D eigenvalue weighted by Gasteiger charge is 2.08. The van der Waals surface area contributed by atoms with Crippen molar-refractivity contribution in [2.75, 3.05) is 13.2 Å². The first kappa shape index (κ1) is 15.0. The first-order chi connectivity index (χ1) is 8.54. The number of hydrogen-bond donors (Lipinski definition) is 1. The minimum absolute atomic E-state index is 0.503. The van der Waals surface area contributed by atoms with E-state index in [9.17, 15) is 0 Å². The van der Waals surface area contributed by atoms with Gasteiger partial charge in [-0.2, -0.15) is 0 Å². The lowest BCUT2D eigenvalue weighted by molar-refractivity contribution is 0.302. The van der Waals surface area contributed by atoms with Crippen LogP contribution in [-0.4, -0.2) is 19.2 Å². The number of hydrogen-bond acceptors (Lipinski definition) is 2. The second kappa shape index (κ2) is 7.42. The number of rotatable bonds is 7. The van der Waals surface area contributed by atoms with Crippen molar-refractivity contribution < 1.29 is 4.74 Å². The summed E-state index contributed by atoms with van der Waals surface area (Å²) in [5.41, 5.74) is 2.55. The van der Waals surface area contributed by atoms with Gasteiger partial charge in [-0.1, -0.05) is 32.9 Å². The van der Waals surface area contributed by atoms with Gasteiger partial charge in [-0.3, -0.25) is 0 Å². The molecule has 0 bridgehead atoms. The molecule has 0 amide bonds. The number of benzene rings is 1. The molecule has 0 aliphatic carbocycles. The Labute approximate surface area is 112 Å². The Morgan fingerprint density at radius 2 is 1.94 bits per heavy atom. The Hall–Kier alpha value is -1.02. The van der Waals surface area contributed by atoms with Crippen LogP contribution in [0.15, 0.2) is 18.2 Å². The molecule has 1 aromatic rings. The van der Waals surface area contributed by atoms with E-state index in [0.717, 1.165) is 25.3 Å². The van der Waals surface area contributed by atoms with Gasteiger partial charge in [0, 0.05) is 12.6 Å². The molecular weight excluding hydrogens is 222 g/mol. The summed E-state index contributed by atoms with van der Waals surface area (Å²) in [5, 5.41) is 3.44. The Kier molecular flexibility index (Phi) is 6.20. The summed E-state index contributed by atoms with van der Waals surface area (Å²) in [6.07, 6.45) is 1.15. The van der Waals surface area contributed by atoms with E-state index in [1.165, 1.54) is 11.1 Å². The lowest BCUT2D eigenvalue weighted by atomic mass is 10.0. The first-order valence-electron chi connectivity index (χ1n) is 7.01. The maximum absolute atomic E-state index is 5.91. The van der Waals surface area contributed by atoms with Crippen molar-refractivity contribution in [3.8, 4) is 5.75 Å². The van der Waals surface area contributed by atoms with Gasteiger partial charge < -0.3 is 10.1 Å². The molecule has 1 aromatic carbocycles. The molecule has 0 saturated carbocycles. The highest BCUT2D eigenvalue weighted by Crippen LogP contribution is 2.27. The predicted molar refractivity (Wildman–Crippen MR) is 78.5 cm³/mol. The maximum atomic E-state index is 5.91. The molecule has 1 N–H and O–H groups in total. The molecule has 18 heavy (non-hydrogen) atoms. The van der Waals surface area contributed by atoms with Crippen molar-refractivity contribution in [3.05, 3.63) is 29.3 Å². The molecular formula is C16H27NO. The van der Waals surface area contributed by atoms with E-state index in [-0.39, 0.29) is 0 Å². The lowest BCUT2D eigenvalue weighted by Crippen LogP contribution is -2.29. The summed E-state index contributed by atoms with van der Waals surface area (Å²) in [6.45, 7) is 12.5. The molecule has 1 atom stereocenters. The zero-order valence-electron chi connectivity index (χ0n) is 12.4. The van der Waals surface area contributed by atoms with Crippen LogP contribution >= 0.6 is 0 Å². The van der Waals surface area contributed by atoms with Crippen LogP contribution in [0.3, 0.4) is 0 Å². The van der Waals surface area contributed by atoms with Gasteiger partial charge in [0.25, 0.3) is 0 Å². The van der Waals surface area contributed by atoms with Crippen LogP contribution in [-0.2, 0) is 0 Å². The van der Waals surface area contributed by atoms with E-state index in [2.05, 4.69) is 58.1 Å². The van der Waals surface area contributed by atoms with Gasteiger partial charge in [-0.25, -0.2) is 0 Å². The minimum Gasteiger partial charge on any atom is -0.492 e. The first-order valence-corrected chi connectivity index (χ1v) is 7.01. The van der Waals surface area contributed by atoms with Crippen LogP contribution < -0.4 is 10.1 Å². The monoisotopic (exact) mass is 249 g/mol. The molecule has 0 fully saturated rings. The molecule has 2 nitrogen and oxygen atoms in total. The standard InChI is InChI=1S/C16H27NO/c1-6-14(5)17-9-10-18-16-11-13(4)7-8-15(16)12(2)3/h7-8,11-12,14,17H,6,9-10H2,1-5H3. The summed E-state index contributed by atoms with van der Waals surface area (Å²) < 4.78 is 5.91. The third kappa shape index (κ3) is 4.69. The van der Waals surface area contributed by atoms with Crippen LogP contribution in [0.2, 0.25) is 0 Å². The zero-order valence-corrected chi connectivity index (χ0v) is 12.4.